The average molecular weight is 393 g/mol. The van der Waals surface area contributed by atoms with Crippen LogP contribution in [-0.4, -0.2) is 10.9 Å². The lowest BCUT2D eigenvalue weighted by molar-refractivity contribution is -0.136. The molecule has 3 aromatic rings. The molecule has 0 aliphatic heterocycles. The zero-order chi connectivity index (χ0) is 20.3. The fraction of sp³-hybridized carbons (Fsp3) is 0.0526. The average Bonchev–Trinajstić information content (AvgIpc) is 2.64. The van der Waals surface area contributed by atoms with Gasteiger partial charge in [0.25, 0.3) is 5.91 Å². The number of benzene rings is 2. The maximum Gasteiger partial charge on any atom is 0.418 e. The molecule has 1 heterocycles. The van der Waals surface area contributed by atoms with Gasteiger partial charge in [-0.1, -0.05) is 12.1 Å². The van der Waals surface area contributed by atoms with Crippen molar-refractivity contribution in [3.63, 3.8) is 0 Å². The van der Waals surface area contributed by atoms with Crippen molar-refractivity contribution in [3.8, 4) is 0 Å². The molecule has 1 aromatic heterocycles. The number of rotatable bonds is 4. The van der Waals surface area contributed by atoms with Crippen LogP contribution < -0.4 is 10.6 Å². The van der Waals surface area contributed by atoms with Crippen molar-refractivity contribution in [1.29, 1.82) is 0 Å². The molecule has 0 aliphatic rings. The number of aromatic nitrogens is 1. The summed E-state index contributed by atoms with van der Waals surface area (Å²) in [6.45, 7) is 0. The molecule has 2 aromatic carbocycles. The van der Waals surface area contributed by atoms with E-state index in [9.17, 15) is 26.7 Å². The highest BCUT2D eigenvalue weighted by atomic mass is 19.4. The summed E-state index contributed by atoms with van der Waals surface area (Å²) < 4.78 is 65.4. The van der Waals surface area contributed by atoms with E-state index in [1.807, 2.05) is 0 Å². The summed E-state index contributed by atoms with van der Waals surface area (Å²) in [5.74, 6) is -2.92. The number of carbonyl (C=O) groups is 1. The molecule has 28 heavy (non-hydrogen) atoms. The zero-order valence-corrected chi connectivity index (χ0v) is 14.0. The monoisotopic (exact) mass is 393 g/mol. The quantitative estimate of drug-likeness (QED) is 0.586. The molecule has 1 amide bonds. The number of halogens is 5. The normalized spacial score (nSPS) is 11.2. The molecule has 0 saturated heterocycles. The molecule has 2 N–H and O–H groups in total. The van der Waals surface area contributed by atoms with Gasteiger partial charge in [0, 0.05) is 23.6 Å². The summed E-state index contributed by atoms with van der Waals surface area (Å²) in [5.41, 5.74) is -1.01. The summed E-state index contributed by atoms with van der Waals surface area (Å²) in [5, 5.41) is 4.94. The van der Waals surface area contributed by atoms with E-state index < -0.39 is 35.0 Å². The molecule has 0 unspecified atom stereocenters. The molecule has 0 bridgehead atoms. The first-order valence-electron chi connectivity index (χ1n) is 7.90. The predicted octanol–water partition coefficient (Wildman–Crippen LogP) is 5.37. The maximum absolute atomic E-state index is 13.3. The summed E-state index contributed by atoms with van der Waals surface area (Å²) in [6, 6.07) is 10.4. The number of hydrogen-bond donors (Lipinski definition) is 2. The van der Waals surface area contributed by atoms with Gasteiger partial charge in [0.05, 0.1) is 11.3 Å². The number of nitrogens with one attached hydrogen (secondary N) is 2. The van der Waals surface area contributed by atoms with Gasteiger partial charge in [-0.15, -0.1) is 0 Å². The first-order chi connectivity index (χ1) is 13.2. The molecule has 0 atom stereocenters. The van der Waals surface area contributed by atoms with Crippen LogP contribution in [0.5, 0.6) is 0 Å². The molecule has 0 aliphatic carbocycles. The molecule has 0 fully saturated rings. The Kier molecular flexibility index (Phi) is 5.25. The van der Waals surface area contributed by atoms with Crippen molar-refractivity contribution in [2.45, 2.75) is 6.18 Å². The minimum atomic E-state index is -4.63. The Labute approximate surface area is 156 Å². The van der Waals surface area contributed by atoms with Crippen LogP contribution in [0.1, 0.15) is 16.1 Å². The Hall–Kier alpha value is -3.49. The fourth-order valence-electron chi connectivity index (χ4n) is 2.40. The number of nitrogens with zero attached hydrogens (tertiary/aromatic N) is 1. The highest BCUT2D eigenvalue weighted by Gasteiger charge is 2.33. The summed E-state index contributed by atoms with van der Waals surface area (Å²) in [6.07, 6.45) is -3.37. The van der Waals surface area contributed by atoms with Gasteiger partial charge in [-0.25, -0.2) is 8.78 Å². The van der Waals surface area contributed by atoms with E-state index in [2.05, 4.69) is 15.6 Å². The van der Waals surface area contributed by atoms with E-state index in [0.717, 1.165) is 24.3 Å². The molecular formula is C19H12F5N3O. The Morgan fingerprint density at radius 1 is 0.893 bits per heavy atom. The van der Waals surface area contributed by atoms with Crippen molar-refractivity contribution >= 4 is 23.0 Å². The number of hydrogen-bond acceptors (Lipinski definition) is 3. The summed E-state index contributed by atoms with van der Waals surface area (Å²) >= 11 is 0. The number of pyridine rings is 1. The lowest BCUT2D eigenvalue weighted by atomic mass is 10.1. The molecule has 144 valence electrons. The Bertz CT molecular complexity index is 1020. The van der Waals surface area contributed by atoms with Crippen LogP contribution in [0.4, 0.5) is 39.0 Å². The largest absolute Gasteiger partial charge is 0.418 e. The molecule has 0 radical (unpaired) electrons. The first kappa shape index (κ1) is 19.3. The third kappa shape index (κ3) is 4.43. The van der Waals surface area contributed by atoms with Crippen LogP contribution in [0, 0.1) is 11.6 Å². The van der Waals surface area contributed by atoms with E-state index in [4.69, 9.17) is 0 Å². The van der Waals surface area contributed by atoms with Crippen LogP contribution >= 0.6 is 0 Å². The number of amides is 1. The zero-order valence-electron chi connectivity index (χ0n) is 14.0. The summed E-state index contributed by atoms with van der Waals surface area (Å²) in [7, 11) is 0. The van der Waals surface area contributed by atoms with Crippen LogP contribution in [-0.2, 0) is 6.18 Å². The lowest BCUT2D eigenvalue weighted by Gasteiger charge is -2.13. The maximum atomic E-state index is 13.3. The predicted molar refractivity (Wildman–Crippen MR) is 93.3 cm³/mol. The van der Waals surface area contributed by atoms with Crippen LogP contribution in [0.25, 0.3) is 0 Å². The molecular weight excluding hydrogens is 381 g/mol. The fourth-order valence-corrected chi connectivity index (χ4v) is 2.40. The van der Waals surface area contributed by atoms with Gasteiger partial charge in [0.1, 0.15) is 5.69 Å². The molecule has 0 spiro atoms. The molecule has 9 heteroatoms. The minimum Gasteiger partial charge on any atom is -0.355 e. The second-order valence-electron chi connectivity index (χ2n) is 5.68. The van der Waals surface area contributed by atoms with Gasteiger partial charge in [-0.05, 0) is 36.4 Å². The van der Waals surface area contributed by atoms with E-state index in [0.29, 0.717) is 5.69 Å². The van der Waals surface area contributed by atoms with Gasteiger partial charge in [0.2, 0.25) is 0 Å². The van der Waals surface area contributed by atoms with E-state index in [-0.39, 0.29) is 11.4 Å². The van der Waals surface area contributed by atoms with E-state index >= 15 is 0 Å². The summed E-state index contributed by atoms with van der Waals surface area (Å²) in [4.78, 5) is 16.2. The Morgan fingerprint density at radius 2 is 1.61 bits per heavy atom. The van der Waals surface area contributed by atoms with Crippen molar-refractivity contribution in [2.75, 3.05) is 10.6 Å². The van der Waals surface area contributed by atoms with Crippen LogP contribution in [0.15, 0.2) is 60.8 Å². The van der Waals surface area contributed by atoms with Gasteiger partial charge in [-0.2, -0.15) is 13.2 Å². The Balaban J connectivity index is 1.80. The number of para-hydroxylation sites is 1. The third-order valence-electron chi connectivity index (χ3n) is 3.68. The Morgan fingerprint density at radius 3 is 2.32 bits per heavy atom. The highest BCUT2D eigenvalue weighted by molar-refractivity contribution is 6.03. The van der Waals surface area contributed by atoms with Crippen LogP contribution in [0.3, 0.4) is 0 Å². The SMILES string of the molecule is O=C(Nc1ccccc1C(F)(F)F)c1cc(Nc2ccc(F)c(F)c2)ccn1. The van der Waals surface area contributed by atoms with E-state index in [1.54, 1.807) is 0 Å². The van der Waals surface area contributed by atoms with Crippen molar-refractivity contribution in [1.82, 2.24) is 4.98 Å². The van der Waals surface area contributed by atoms with E-state index in [1.165, 1.54) is 36.5 Å². The third-order valence-corrected chi connectivity index (χ3v) is 3.68. The van der Waals surface area contributed by atoms with Gasteiger partial charge in [0.15, 0.2) is 11.6 Å². The number of anilines is 3. The topological polar surface area (TPSA) is 54.0 Å². The second kappa shape index (κ2) is 7.63. The van der Waals surface area contributed by atoms with Gasteiger partial charge in [-0.3, -0.25) is 9.78 Å². The number of alkyl halides is 3. The molecule has 3 rings (SSSR count). The standard InChI is InChI=1S/C19H12F5N3O/c20-14-6-5-11(9-15(14)21)26-12-7-8-25-17(10-12)18(28)27-16-4-2-1-3-13(16)19(22,23)24/h1-10H,(H,25,26)(H,27,28). The minimum absolute atomic E-state index is 0.162. The number of carbonyl (C=O) groups excluding carboxylic acids is 1. The molecule has 0 saturated carbocycles. The van der Waals surface area contributed by atoms with Gasteiger partial charge < -0.3 is 10.6 Å². The van der Waals surface area contributed by atoms with Crippen LogP contribution in [0.2, 0.25) is 0 Å². The lowest BCUT2D eigenvalue weighted by Crippen LogP contribution is -2.17. The highest BCUT2D eigenvalue weighted by Crippen LogP contribution is 2.34. The smallest absolute Gasteiger partial charge is 0.355 e. The van der Waals surface area contributed by atoms with Crippen molar-refractivity contribution in [3.05, 3.63) is 83.7 Å². The van der Waals surface area contributed by atoms with Gasteiger partial charge >= 0.3 is 6.18 Å². The van der Waals surface area contributed by atoms with Crippen molar-refractivity contribution < 1.29 is 26.7 Å². The second-order valence-corrected chi connectivity index (χ2v) is 5.68. The van der Waals surface area contributed by atoms with Crippen molar-refractivity contribution in [2.24, 2.45) is 0 Å². The first-order valence-corrected chi connectivity index (χ1v) is 7.90. The molecule has 4 nitrogen and oxygen atoms in total.